The second-order valence-electron chi connectivity index (χ2n) is 2.03. The summed E-state index contributed by atoms with van der Waals surface area (Å²) >= 11 is 0. The van der Waals surface area contributed by atoms with Crippen molar-refractivity contribution in [2.45, 2.75) is 6.92 Å². The highest BCUT2D eigenvalue weighted by Crippen LogP contribution is 2.42. The molecule has 0 aromatic rings. The highest BCUT2D eigenvalue weighted by Gasteiger charge is 2.14. The number of rotatable bonds is 2. The molecule has 0 aliphatic carbocycles. The van der Waals surface area contributed by atoms with E-state index in [1.54, 1.807) is 13.0 Å². The Balaban J connectivity index is 2.18. The third kappa shape index (κ3) is 2.65. The topological polar surface area (TPSA) is 38.7 Å². The number of hydrogen-bond donors (Lipinski definition) is 1. The van der Waals surface area contributed by atoms with Gasteiger partial charge in [0.25, 0.3) is 0 Å². The minimum Gasteiger partial charge on any atom is -0.513 e. The fourth-order valence-electron chi connectivity index (χ4n) is 0.627. The third-order valence-electron chi connectivity index (χ3n) is 1.09. The van der Waals surface area contributed by atoms with E-state index in [2.05, 4.69) is 0 Å². The fourth-order valence-corrected chi connectivity index (χ4v) is 1.88. The maximum absolute atomic E-state index is 8.77. The molecule has 1 rings (SSSR count). The molecule has 0 radical (unpaired) electrons. The van der Waals surface area contributed by atoms with E-state index < -0.39 is 8.38 Å². The fraction of sp³-hybridized carbons (Fsp3) is 0.667. The Morgan fingerprint density at radius 2 is 2.20 bits per heavy atom. The van der Waals surface area contributed by atoms with Gasteiger partial charge in [0.1, 0.15) is 0 Å². The molecule has 1 saturated heterocycles. The van der Waals surface area contributed by atoms with E-state index >= 15 is 0 Å². The van der Waals surface area contributed by atoms with Crippen molar-refractivity contribution in [2.75, 3.05) is 19.4 Å². The summed E-state index contributed by atoms with van der Waals surface area (Å²) in [7, 11) is -0.714. The van der Waals surface area contributed by atoms with Crippen LogP contribution in [0, 0.1) is 0 Å². The SMILES string of the molecule is CC(O)=CCP1OCCO1. The summed E-state index contributed by atoms with van der Waals surface area (Å²) in [5.74, 6) is 0.335. The largest absolute Gasteiger partial charge is 0.513 e. The van der Waals surface area contributed by atoms with Gasteiger partial charge in [-0.1, -0.05) is 0 Å². The van der Waals surface area contributed by atoms with Crippen molar-refractivity contribution >= 4 is 8.38 Å². The lowest BCUT2D eigenvalue weighted by Gasteiger charge is -2.02. The van der Waals surface area contributed by atoms with Crippen LogP contribution in [0.4, 0.5) is 0 Å². The van der Waals surface area contributed by atoms with Gasteiger partial charge in [-0.25, -0.2) is 0 Å². The molecule has 1 heterocycles. The van der Waals surface area contributed by atoms with Crippen LogP contribution >= 0.6 is 8.38 Å². The van der Waals surface area contributed by atoms with Gasteiger partial charge in [-0.15, -0.1) is 0 Å². The molecule has 0 amide bonds. The van der Waals surface area contributed by atoms with Gasteiger partial charge < -0.3 is 14.2 Å². The van der Waals surface area contributed by atoms with Crippen molar-refractivity contribution in [3.63, 3.8) is 0 Å². The molecule has 0 unspecified atom stereocenters. The molecule has 1 aliphatic rings. The van der Waals surface area contributed by atoms with Crippen molar-refractivity contribution in [1.82, 2.24) is 0 Å². The Morgan fingerprint density at radius 1 is 1.60 bits per heavy atom. The molecule has 1 fully saturated rings. The average molecular weight is 162 g/mol. The summed E-state index contributed by atoms with van der Waals surface area (Å²) < 4.78 is 10.4. The van der Waals surface area contributed by atoms with Gasteiger partial charge in [-0.3, -0.25) is 0 Å². The molecule has 1 aliphatic heterocycles. The lowest BCUT2D eigenvalue weighted by atomic mass is 10.5. The van der Waals surface area contributed by atoms with Gasteiger partial charge in [-0.2, -0.15) is 0 Å². The molecule has 0 aromatic heterocycles. The lowest BCUT2D eigenvalue weighted by molar-refractivity contribution is 0.365. The maximum Gasteiger partial charge on any atom is 0.174 e. The van der Waals surface area contributed by atoms with Gasteiger partial charge in [0.05, 0.1) is 19.0 Å². The molecule has 58 valence electrons. The molecule has 0 spiro atoms. The summed E-state index contributed by atoms with van der Waals surface area (Å²) in [4.78, 5) is 0. The molecule has 0 saturated carbocycles. The molecule has 3 nitrogen and oxygen atoms in total. The Morgan fingerprint density at radius 3 is 2.70 bits per heavy atom. The van der Waals surface area contributed by atoms with Crippen LogP contribution in [-0.2, 0) is 9.05 Å². The summed E-state index contributed by atoms with van der Waals surface area (Å²) in [6, 6.07) is 0. The van der Waals surface area contributed by atoms with Crippen LogP contribution in [0.25, 0.3) is 0 Å². The number of aliphatic hydroxyl groups is 1. The first-order chi connectivity index (χ1) is 4.79. The van der Waals surface area contributed by atoms with Crippen molar-refractivity contribution in [3.8, 4) is 0 Å². The number of allylic oxidation sites excluding steroid dienone is 2. The van der Waals surface area contributed by atoms with Gasteiger partial charge in [0.15, 0.2) is 8.38 Å². The second kappa shape index (κ2) is 3.91. The van der Waals surface area contributed by atoms with E-state index in [1.807, 2.05) is 0 Å². The van der Waals surface area contributed by atoms with Crippen molar-refractivity contribution in [1.29, 1.82) is 0 Å². The summed E-state index contributed by atoms with van der Waals surface area (Å²) in [6.45, 7) is 3.04. The molecular formula is C6H11O3P. The number of aliphatic hydroxyl groups excluding tert-OH is 1. The smallest absolute Gasteiger partial charge is 0.174 e. The summed E-state index contributed by atoms with van der Waals surface area (Å²) in [5, 5.41) is 8.77. The Hall–Kier alpha value is -0.110. The van der Waals surface area contributed by atoms with E-state index in [-0.39, 0.29) is 0 Å². The zero-order valence-electron chi connectivity index (χ0n) is 5.91. The van der Waals surface area contributed by atoms with E-state index in [9.17, 15) is 0 Å². The van der Waals surface area contributed by atoms with E-state index in [4.69, 9.17) is 14.2 Å². The van der Waals surface area contributed by atoms with Crippen molar-refractivity contribution < 1.29 is 14.2 Å². The first kappa shape index (κ1) is 7.99. The van der Waals surface area contributed by atoms with Gasteiger partial charge >= 0.3 is 0 Å². The first-order valence-electron chi connectivity index (χ1n) is 3.18. The molecule has 10 heavy (non-hydrogen) atoms. The molecule has 4 heteroatoms. The van der Waals surface area contributed by atoms with Crippen molar-refractivity contribution in [2.24, 2.45) is 0 Å². The zero-order valence-corrected chi connectivity index (χ0v) is 6.80. The predicted molar refractivity (Wildman–Crippen MR) is 40.1 cm³/mol. The van der Waals surface area contributed by atoms with Gasteiger partial charge in [0.2, 0.25) is 0 Å². The third-order valence-corrected chi connectivity index (χ3v) is 2.51. The van der Waals surface area contributed by atoms with Gasteiger partial charge in [-0.05, 0) is 13.0 Å². The van der Waals surface area contributed by atoms with Crippen LogP contribution in [0.3, 0.4) is 0 Å². The minimum atomic E-state index is -0.714. The van der Waals surface area contributed by atoms with Crippen LogP contribution in [-0.4, -0.2) is 24.5 Å². The van der Waals surface area contributed by atoms with E-state index in [0.717, 1.165) is 0 Å². The average Bonchev–Trinajstić information content (AvgIpc) is 2.34. The maximum atomic E-state index is 8.77. The first-order valence-corrected chi connectivity index (χ1v) is 4.54. The molecule has 1 N–H and O–H groups in total. The van der Waals surface area contributed by atoms with Crippen LogP contribution in [0.15, 0.2) is 11.8 Å². The standard InChI is InChI=1S/C6H11O3P/c1-6(7)2-5-10-8-3-4-9-10/h2,7H,3-5H2,1H3. The lowest BCUT2D eigenvalue weighted by Crippen LogP contribution is -1.80. The van der Waals surface area contributed by atoms with Crippen LogP contribution < -0.4 is 0 Å². The van der Waals surface area contributed by atoms with Crippen LogP contribution in [0.2, 0.25) is 0 Å². The van der Waals surface area contributed by atoms with Crippen LogP contribution in [0.5, 0.6) is 0 Å². The highest BCUT2D eigenvalue weighted by molar-refractivity contribution is 7.47. The predicted octanol–water partition coefficient (Wildman–Crippen LogP) is 1.81. The Labute approximate surface area is 61.6 Å². The second-order valence-corrected chi connectivity index (χ2v) is 3.57. The zero-order chi connectivity index (χ0) is 7.40. The molecule has 0 atom stereocenters. The normalized spacial score (nSPS) is 21.9. The number of hydrogen-bond acceptors (Lipinski definition) is 3. The van der Waals surface area contributed by atoms with E-state index in [0.29, 0.717) is 25.1 Å². The van der Waals surface area contributed by atoms with Crippen LogP contribution in [0.1, 0.15) is 6.92 Å². The monoisotopic (exact) mass is 162 g/mol. The quantitative estimate of drug-likeness (QED) is 0.497. The summed E-state index contributed by atoms with van der Waals surface area (Å²) in [5.41, 5.74) is 0. The minimum absolute atomic E-state index is 0.335. The van der Waals surface area contributed by atoms with Gasteiger partial charge in [0, 0.05) is 6.16 Å². The summed E-state index contributed by atoms with van der Waals surface area (Å²) in [6.07, 6.45) is 2.43. The molecular weight excluding hydrogens is 151 g/mol. The highest BCUT2D eigenvalue weighted by atomic mass is 31.2. The Kier molecular flexibility index (Phi) is 3.13. The van der Waals surface area contributed by atoms with Crippen molar-refractivity contribution in [3.05, 3.63) is 11.8 Å². The van der Waals surface area contributed by atoms with E-state index in [1.165, 1.54) is 0 Å². The molecule has 0 aromatic carbocycles. The Bertz CT molecular complexity index is 125. The molecule has 0 bridgehead atoms.